The van der Waals surface area contributed by atoms with Crippen molar-refractivity contribution in [1.29, 1.82) is 0 Å². The van der Waals surface area contributed by atoms with Crippen molar-refractivity contribution in [3.63, 3.8) is 0 Å². The van der Waals surface area contributed by atoms with Gasteiger partial charge in [-0.3, -0.25) is 9.59 Å². The first-order valence-corrected chi connectivity index (χ1v) is 9.99. The van der Waals surface area contributed by atoms with Crippen LogP contribution >= 0.6 is 23.2 Å². The first kappa shape index (κ1) is 22.1. The standard InChI is InChI=1S/C17H15Cl2FN2O5S/c1-10-2-3-11(6-15(10)20)22-16(23)9-27-17(24)8-21-28(25,26)12-4-5-13(18)14(19)7-12/h2-7,21H,8-9H2,1H3,(H,22,23). The molecule has 0 aliphatic rings. The van der Waals surface area contributed by atoms with Crippen LogP contribution in [-0.2, 0) is 24.3 Å². The van der Waals surface area contributed by atoms with Crippen LogP contribution < -0.4 is 10.0 Å². The van der Waals surface area contributed by atoms with E-state index in [0.717, 1.165) is 12.1 Å². The summed E-state index contributed by atoms with van der Waals surface area (Å²) < 4.78 is 44.3. The zero-order valence-electron chi connectivity index (χ0n) is 14.5. The second kappa shape index (κ2) is 9.33. The van der Waals surface area contributed by atoms with Crippen LogP contribution in [0.2, 0.25) is 10.0 Å². The number of amides is 1. The van der Waals surface area contributed by atoms with Crippen LogP contribution in [0.1, 0.15) is 5.56 Å². The Morgan fingerprint density at radius 1 is 1.11 bits per heavy atom. The maximum absolute atomic E-state index is 13.4. The maximum atomic E-state index is 13.4. The Hall–Kier alpha value is -2.20. The van der Waals surface area contributed by atoms with Crippen molar-refractivity contribution in [2.45, 2.75) is 11.8 Å². The molecular formula is C17H15Cl2FN2O5S. The molecule has 7 nitrogen and oxygen atoms in total. The fourth-order valence-corrected chi connectivity index (χ4v) is 3.30. The monoisotopic (exact) mass is 448 g/mol. The number of halogens is 3. The minimum Gasteiger partial charge on any atom is -0.455 e. The Bertz CT molecular complexity index is 1010. The molecule has 0 bridgehead atoms. The number of sulfonamides is 1. The molecule has 0 saturated carbocycles. The van der Waals surface area contributed by atoms with Crippen molar-refractivity contribution in [1.82, 2.24) is 4.72 Å². The summed E-state index contributed by atoms with van der Waals surface area (Å²) in [7, 11) is -4.03. The van der Waals surface area contributed by atoms with Gasteiger partial charge >= 0.3 is 5.97 Å². The summed E-state index contributed by atoms with van der Waals surface area (Å²) in [5.74, 6) is -2.18. The number of nitrogens with one attached hydrogen (secondary N) is 2. The highest BCUT2D eigenvalue weighted by Crippen LogP contribution is 2.24. The first-order chi connectivity index (χ1) is 13.1. The van der Waals surface area contributed by atoms with Crippen molar-refractivity contribution >= 4 is 50.8 Å². The Labute approximate surface area is 170 Å². The number of ether oxygens (including phenoxy) is 1. The van der Waals surface area contributed by atoms with E-state index in [9.17, 15) is 22.4 Å². The summed E-state index contributed by atoms with van der Waals surface area (Å²) in [6.45, 7) is 0.208. The van der Waals surface area contributed by atoms with E-state index in [4.69, 9.17) is 23.2 Å². The van der Waals surface area contributed by atoms with E-state index in [2.05, 4.69) is 10.1 Å². The summed E-state index contributed by atoms with van der Waals surface area (Å²) in [5, 5.41) is 2.57. The number of anilines is 1. The van der Waals surface area contributed by atoms with Crippen LogP contribution in [0.4, 0.5) is 10.1 Å². The Kier molecular flexibility index (Phi) is 7.36. The first-order valence-electron chi connectivity index (χ1n) is 7.75. The molecule has 0 aliphatic carbocycles. The van der Waals surface area contributed by atoms with Gasteiger partial charge in [0.25, 0.3) is 5.91 Å². The molecule has 2 aromatic carbocycles. The number of aryl methyl sites for hydroxylation is 1. The van der Waals surface area contributed by atoms with Gasteiger partial charge in [0.05, 0.1) is 14.9 Å². The topological polar surface area (TPSA) is 102 Å². The molecule has 2 aromatic rings. The van der Waals surface area contributed by atoms with Crippen molar-refractivity contribution in [3.05, 3.63) is 57.8 Å². The number of rotatable bonds is 7. The van der Waals surface area contributed by atoms with Gasteiger partial charge < -0.3 is 10.1 Å². The smallest absolute Gasteiger partial charge is 0.321 e. The molecule has 150 valence electrons. The fourth-order valence-electron chi connectivity index (χ4n) is 1.95. The van der Waals surface area contributed by atoms with Crippen molar-refractivity contribution in [3.8, 4) is 0 Å². The van der Waals surface area contributed by atoms with Crippen LogP contribution in [0.3, 0.4) is 0 Å². The summed E-state index contributed by atoms with van der Waals surface area (Å²) in [4.78, 5) is 23.2. The Balaban J connectivity index is 1.83. The third kappa shape index (κ3) is 6.16. The minimum absolute atomic E-state index is 0.0383. The lowest BCUT2D eigenvalue weighted by Gasteiger charge is -2.09. The molecule has 11 heteroatoms. The number of hydrogen-bond donors (Lipinski definition) is 2. The second-order valence-corrected chi connectivity index (χ2v) is 8.15. The van der Waals surface area contributed by atoms with Crippen molar-refractivity contribution in [2.24, 2.45) is 0 Å². The average molecular weight is 449 g/mol. The largest absolute Gasteiger partial charge is 0.455 e. The van der Waals surface area contributed by atoms with Gasteiger partial charge in [-0.15, -0.1) is 0 Å². The highest BCUT2D eigenvalue weighted by molar-refractivity contribution is 7.89. The van der Waals surface area contributed by atoms with Crippen LogP contribution in [0.5, 0.6) is 0 Å². The van der Waals surface area contributed by atoms with Gasteiger partial charge in [0.1, 0.15) is 12.4 Å². The SMILES string of the molecule is Cc1ccc(NC(=O)COC(=O)CNS(=O)(=O)c2ccc(Cl)c(Cl)c2)cc1F. The maximum Gasteiger partial charge on any atom is 0.321 e. The van der Waals surface area contributed by atoms with E-state index in [-0.39, 0.29) is 20.6 Å². The van der Waals surface area contributed by atoms with Crippen LogP contribution in [0.25, 0.3) is 0 Å². The van der Waals surface area contributed by atoms with Crippen LogP contribution in [0.15, 0.2) is 41.3 Å². The zero-order valence-corrected chi connectivity index (χ0v) is 16.8. The van der Waals surface area contributed by atoms with E-state index in [1.165, 1.54) is 24.3 Å². The summed E-state index contributed by atoms with van der Waals surface area (Å²) in [5.41, 5.74) is 0.614. The predicted octanol–water partition coefficient (Wildman–Crippen LogP) is 2.90. The molecule has 0 atom stereocenters. The lowest BCUT2D eigenvalue weighted by Crippen LogP contribution is -2.32. The second-order valence-electron chi connectivity index (χ2n) is 5.57. The highest BCUT2D eigenvalue weighted by atomic mass is 35.5. The molecule has 0 radical (unpaired) electrons. The molecule has 0 saturated heterocycles. The Morgan fingerprint density at radius 3 is 2.46 bits per heavy atom. The molecule has 2 N–H and O–H groups in total. The molecule has 0 aliphatic heterocycles. The number of carbonyl (C=O) groups excluding carboxylic acids is 2. The van der Waals surface area contributed by atoms with E-state index in [1.54, 1.807) is 6.92 Å². The van der Waals surface area contributed by atoms with E-state index in [0.29, 0.717) is 5.56 Å². The molecular weight excluding hydrogens is 434 g/mol. The number of esters is 1. The minimum atomic E-state index is -4.03. The van der Waals surface area contributed by atoms with Gasteiger partial charge in [0.2, 0.25) is 10.0 Å². The van der Waals surface area contributed by atoms with E-state index < -0.39 is 40.9 Å². The molecule has 0 spiro atoms. The predicted molar refractivity (Wildman–Crippen MR) is 102 cm³/mol. The van der Waals surface area contributed by atoms with Crippen LogP contribution in [-0.4, -0.2) is 33.4 Å². The summed E-state index contributed by atoms with van der Waals surface area (Å²) in [6.07, 6.45) is 0. The number of hydrogen-bond acceptors (Lipinski definition) is 5. The normalized spacial score (nSPS) is 11.1. The lowest BCUT2D eigenvalue weighted by molar-refractivity contribution is -0.146. The van der Waals surface area contributed by atoms with Gasteiger partial charge in [-0.2, -0.15) is 4.72 Å². The van der Waals surface area contributed by atoms with Crippen LogP contribution in [0, 0.1) is 12.7 Å². The molecule has 0 unspecified atom stereocenters. The summed E-state index contributed by atoms with van der Waals surface area (Å²) >= 11 is 11.5. The highest BCUT2D eigenvalue weighted by Gasteiger charge is 2.18. The van der Waals surface area contributed by atoms with Gasteiger partial charge in [-0.1, -0.05) is 29.3 Å². The molecule has 28 heavy (non-hydrogen) atoms. The molecule has 0 heterocycles. The summed E-state index contributed by atoms with van der Waals surface area (Å²) in [6, 6.07) is 7.75. The molecule has 1 amide bonds. The molecule has 0 aromatic heterocycles. The average Bonchev–Trinajstić information content (AvgIpc) is 2.63. The molecule has 0 fully saturated rings. The van der Waals surface area contributed by atoms with Gasteiger partial charge in [0.15, 0.2) is 6.61 Å². The van der Waals surface area contributed by atoms with Gasteiger partial charge in [-0.05, 0) is 42.8 Å². The molecule has 2 rings (SSSR count). The number of carbonyl (C=O) groups is 2. The number of benzene rings is 2. The van der Waals surface area contributed by atoms with Crippen molar-refractivity contribution in [2.75, 3.05) is 18.5 Å². The van der Waals surface area contributed by atoms with Gasteiger partial charge in [-0.25, -0.2) is 12.8 Å². The zero-order chi connectivity index (χ0) is 20.9. The van der Waals surface area contributed by atoms with Crippen molar-refractivity contribution < 1.29 is 27.1 Å². The lowest BCUT2D eigenvalue weighted by atomic mass is 10.2. The van der Waals surface area contributed by atoms with Gasteiger partial charge in [0, 0.05) is 5.69 Å². The van der Waals surface area contributed by atoms with E-state index >= 15 is 0 Å². The third-order valence-electron chi connectivity index (χ3n) is 3.43. The third-order valence-corrected chi connectivity index (χ3v) is 5.57. The Morgan fingerprint density at radius 2 is 1.82 bits per heavy atom. The van der Waals surface area contributed by atoms with E-state index in [1.807, 2.05) is 4.72 Å². The quantitative estimate of drug-likeness (QED) is 0.634. The fraction of sp³-hybridized carbons (Fsp3) is 0.176.